The number of benzene rings is 1. The van der Waals surface area contributed by atoms with Crippen molar-refractivity contribution in [1.82, 2.24) is 0 Å². The quantitative estimate of drug-likeness (QED) is 0.801. The third kappa shape index (κ3) is 5.37. The molecule has 0 aliphatic rings. The Bertz CT molecular complexity index is 404. The van der Waals surface area contributed by atoms with Crippen LogP contribution in [0.25, 0.3) is 0 Å². The van der Waals surface area contributed by atoms with Crippen molar-refractivity contribution in [2.24, 2.45) is 11.7 Å². The second-order valence-corrected chi connectivity index (χ2v) is 4.81. The molecule has 6 heteroatoms. The van der Waals surface area contributed by atoms with Crippen LogP contribution in [0, 0.1) is 11.7 Å². The Balaban J connectivity index is 0.00000324. The molecule has 0 unspecified atom stereocenters. The molecule has 0 radical (unpaired) electrons. The predicted molar refractivity (Wildman–Crippen MR) is 69.7 cm³/mol. The minimum atomic E-state index is -4.50. The second kappa shape index (κ2) is 7.10. The first-order valence-electron chi connectivity index (χ1n) is 5.84. The van der Waals surface area contributed by atoms with Crippen molar-refractivity contribution in [1.29, 1.82) is 0 Å². The molecule has 0 amide bonds. The summed E-state index contributed by atoms with van der Waals surface area (Å²) in [6, 6.07) is 1.65. The van der Waals surface area contributed by atoms with Crippen molar-refractivity contribution in [2.75, 3.05) is 0 Å². The largest absolute Gasteiger partial charge is 0.416 e. The zero-order valence-corrected chi connectivity index (χ0v) is 11.6. The summed E-state index contributed by atoms with van der Waals surface area (Å²) in [5.74, 6) is -0.350. The first kappa shape index (κ1) is 18.2. The average Bonchev–Trinajstić information content (AvgIpc) is 2.23. The van der Waals surface area contributed by atoms with Gasteiger partial charge in [0.2, 0.25) is 0 Å². The van der Waals surface area contributed by atoms with Gasteiger partial charge in [-0.1, -0.05) is 13.8 Å². The fourth-order valence-electron chi connectivity index (χ4n) is 1.77. The van der Waals surface area contributed by atoms with Gasteiger partial charge in [-0.15, -0.1) is 12.4 Å². The van der Waals surface area contributed by atoms with Gasteiger partial charge in [-0.3, -0.25) is 0 Å². The summed E-state index contributed by atoms with van der Waals surface area (Å²) >= 11 is 0. The van der Waals surface area contributed by atoms with Crippen molar-refractivity contribution in [3.05, 3.63) is 35.1 Å². The normalized spacial score (nSPS) is 13.3. The first-order valence-corrected chi connectivity index (χ1v) is 5.84. The Morgan fingerprint density at radius 3 is 2.21 bits per heavy atom. The third-order valence-corrected chi connectivity index (χ3v) is 2.77. The molecule has 1 rings (SSSR count). The number of rotatable bonds is 4. The van der Waals surface area contributed by atoms with Crippen LogP contribution < -0.4 is 5.73 Å². The Morgan fingerprint density at radius 1 is 1.16 bits per heavy atom. The Morgan fingerprint density at radius 2 is 1.74 bits per heavy atom. The Labute approximate surface area is 116 Å². The fourth-order valence-corrected chi connectivity index (χ4v) is 1.77. The highest BCUT2D eigenvalue weighted by molar-refractivity contribution is 5.85. The number of alkyl halides is 3. The van der Waals surface area contributed by atoms with Crippen LogP contribution in [0.15, 0.2) is 18.2 Å². The van der Waals surface area contributed by atoms with E-state index in [-0.39, 0.29) is 18.0 Å². The molecule has 0 fully saturated rings. The first-order chi connectivity index (χ1) is 8.21. The molecule has 0 aromatic heterocycles. The van der Waals surface area contributed by atoms with Crippen molar-refractivity contribution in [2.45, 2.75) is 38.9 Å². The molecule has 0 aliphatic heterocycles. The molecular formula is C13H18ClF4N. The van der Waals surface area contributed by atoms with E-state index in [1.165, 1.54) is 0 Å². The summed E-state index contributed by atoms with van der Waals surface area (Å²) in [6.45, 7) is 3.92. The van der Waals surface area contributed by atoms with Crippen LogP contribution in [0.4, 0.5) is 17.6 Å². The smallest absolute Gasteiger partial charge is 0.324 e. The van der Waals surface area contributed by atoms with Crippen LogP contribution in [0.1, 0.15) is 43.9 Å². The summed E-state index contributed by atoms with van der Waals surface area (Å²) < 4.78 is 51.4. The van der Waals surface area contributed by atoms with Crippen molar-refractivity contribution in [3.63, 3.8) is 0 Å². The molecule has 1 atom stereocenters. The van der Waals surface area contributed by atoms with E-state index in [1.807, 2.05) is 13.8 Å². The monoisotopic (exact) mass is 299 g/mol. The molecule has 2 N–H and O–H groups in total. The minimum Gasteiger partial charge on any atom is -0.324 e. The zero-order chi connectivity index (χ0) is 13.9. The van der Waals surface area contributed by atoms with E-state index >= 15 is 0 Å². The summed E-state index contributed by atoms with van der Waals surface area (Å²) in [7, 11) is 0. The van der Waals surface area contributed by atoms with E-state index in [1.54, 1.807) is 0 Å². The molecule has 0 spiro atoms. The van der Waals surface area contributed by atoms with Gasteiger partial charge in [-0.2, -0.15) is 13.2 Å². The van der Waals surface area contributed by atoms with Crippen molar-refractivity contribution < 1.29 is 17.6 Å². The average molecular weight is 300 g/mol. The lowest BCUT2D eigenvalue weighted by atomic mass is 9.94. The fraction of sp³-hybridized carbons (Fsp3) is 0.538. The lowest BCUT2D eigenvalue weighted by Gasteiger charge is -2.19. The second-order valence-electron chi connectivity index (χ2n) is 4.81. The molecule has 1 aromatic rings. The van der Waals surface area contributed by atoms with Gasteiger partial charge in [0.25, 0.3) is 0 Å². The van der Waals surface area contributed by atoms with Crippen molar-refractivity contribution in [3.8, 4) is 0 Å². The topological polar surface area (TPSA) is 26.0 Å². The summed E-state index contributed by atoms with van der Waals surface area (Å²) in [5.41, 5.74) is 4.73. The molecule has 0 saturated carbocycles. The lowest BCUT2D eigenvalue weighted by molar-refractivity contribution is -0.138. The van der Waals surface area contributed by atoms with Gasteiger partial charge >= 0.3 is 6.18 Å². The van der Waals surface area contributed by atoms with E-state index in [9.17, 15) is 17.6 Å². The molecule has 0 heterocycles. The van der Waals surface area contributed by atoms with Crippen LogP contribution in [-0.4, -0.2) is 0 Å². The van der Waals surface area contributed by atoms with E-state index in [0.717, 1.165) is 18.2 Å². The van der Waals surface area contributed by atoms with Gasteiger partial charge in [-0.25, -0.2) is 4.39 Å². The molecule has 1 nitrogen and oxygen atoms in total. The van der Waals surface area contributed by atoms with Gasteiger partial charge in [0.1, 0.15) is 5.82 Å². The molecule has 0 bridgehead atoms. The number of hydrogen-bond acceptors (Lipinski definition) is 1. The van der Waals surface area contributed by atoms with Gasteiger partial charge in [0, 0.05) is 6.04 Å². The summed E-state index contributed by atoms with van der Waals surface area (Å²) in [4.78, 5) is 0. The van der Waals surface area contributed by atoms with Crippen molar-refractivity contribution >= 4 is 12.4 Å². The zero-order valence-electron chi connectivity index (χ0n) is 10.8. The number of nitrogens with two attached hydrogens (primary N) is 1. The van der Waals surface area contributed by atoms with Crippen LogP contribution in [-0.2, 0) is 6.18 Å². The highest BCUT2D eigenvalue weighted by Crippen LogP contribution is 2.35. The SMILES string of the molecule is CC(C)CC[C@@H](N)c1cc(F)ccc1C(F)(F)F.Cl. The van der Waals surface area contributed by atoms with Gasteiger partial charge in [0.15, 0.2) is 0 Å². The lowest BCUT2D eigenvalue weighted by Crippen LogP contribution is -2.18. The van der Waals surface area contributed by atoms with Crippen LogP contribution >= 0.6 is 12.4 Å². The predicted octanol–water partition coefficient (Wildman–Crippen LogP) is 4.70. The number of hydrogen-bond donors (Lipinski definition) is 1. The van der Waals surface area contributed by atoms with E-state index in [2.05, 4.69) is 0 Å². The highest BCUT2D eigenvalue weighted by atomic mass is 35.5. The third-order valence-electron chi connectivity index (χ3n) is 2.77. The minimum absolute atomic E-state index is 0. The standard InChI is InChI=1S/C13H17F4N.ClH/c1-8(2)3-6-12(18)10-7-9(14)4-5-11(10)13(15,16)17;/h4-5,7-8,12H,3,6,18H2,1-2H3;1H/t12-;/m1./s1. The highest BCUT2D eigenvalue weighted by Gasteiger charge is 2.34. The molecule has 1 aromatic carbocycles. The summed E-state index contributed by atoms with van der Waals surface area (Å²) in [5, 5.41) is 0. The molecular weight excluding hydrogens is 282 g/mol. The van der Waals surface area contributed by atoms with Gasteiger partial charge in [0.05, 0.1) is 5.56 Å². The maximum Gasteiger partial charge on any atom is 0.416 e. The van der Waals surface area contributed by atoms with Gasteiger partial charge in [-0.05, 0) is 42.5 Å². The van der Waals surface area contributed by atoms with E-state index in [4.69, 9.17) is 5.73 Å². The Kier molecular flexibility index (Phi) is 6.80. The van der Waals surface area contributed by atoms with Crippen LogP contribution in [0.3, 0.4) is 0 Å². The molecule has 19 heavy (non-hydrogen) atoms. The van der Waals surface area contributed by atoms with Crippen LogP contribution in [0.5, 0.6) is 0 Å². The van der Waals surface area contributed by atoms with Crippen LogP contribution in [0.2, 0.25) is 0 Å². The maximum absolute atomic E-state index is 13.1. The summed E-state index contributed by atoms with van der Waals surface area (Å²) in [6.07, 6.45) is -3.39. The molecule has 110 valence electrons. The van der Waals surface area contributed by atoms with E-state index < -0.39 is 23.6 Å². The Hall–Kier alpha value is -0.810. The molecule has 0 saturated heterocycles. The van der Waals surface area contributed by atoms with Gasteiger partial charge < -0.3 is 5.73 Å². The van der Waals surface area contributed by atoms with E-state index in [0.29, 0.717) is 18.8 Å². The molecule has 0 aliphatic carbocycles. The number of halogens is 5. The maximum atomic E-state index is 13.1.